The van der Waals surface area contributed by atoms with Crippen molar-refractivity contribution >= 4 is 72.8 Å². The molecule has 1 aliphatic heterocycles. The van der Waals surface area contributed by atoms with Crippen LogP contribution in [0.4, 0.5) is 10.5 Å². The summed E-state index contributed by atoms with van der Waals surface area (Å²) in [5, 5.41) is 3.39. The summed E-state index contributed by atoms with van der Waals surface area (Å²) in [7, 11) is 0. The van der Waals surface area contributed by atoms with E-state index < -0.39 is 6.09 Å². The summed E-state index contributed by atoms with van der Waals surface area (Å²) >= 11 is 13.1. The Hall–Kier alpha value is -1.83. The van der Waals surface area contributed by atoms with Gasteiger partial charge in [-0.3, -0.25) is 4.79 Å². The Morgan fingerprint density at radius 3 is 2.27 bits per heavy atom. The van der Waals surface area contributed by atoms with Gasteiger partial charge in [0.1, 0.15) is 0 Å². The van der Waals surface area contributed by atoms with Gasteiger partial charge >= 0.3 is 6.09 Å². The van der Waals surface area contributed by atoms with Crippen LogP contribution in [0.15, 0.2) is 39.3 Å². The number of carbonyl (C=O) groups is 2. The van der Waals surface area contributed by atoms with E-state index in [4.69, 9.17) is 16.3 Å². The van der Waals surface area contributed by atoms with Crippen molar-refractivity contribution in [3.05, 3.63) is 55.4 Å². The van der Waals surface area contributed by atoms with Crippen molar-refractivity contribution in [2.24, 2.45) is 0 Å². The van der Waals surface area contributed by atoms with E-state index in [9.17, 15) is 9.59 Å². The summed E-state index contributed by atoms with van der Waals surface area (Å²) < 4.78 is 6.84. The van der Waals surface area contributed by atoms with Crippen molar-refractivity contribution in [2.45, 2.75) is 39.8 Å². The van der Waals surface area contributed by atoms with E-state index in [0.717, 1.165) is 16.8 Å². The van der Waals surface area contributed by atoms with Crippen molar-refractivity contribution in [3.8, 4) is 5.75 Å². The summed E-state index contributed by atoms with van der Waals surface area (Å²) in [6.07, 6.45) is 1.35. The molecule has 5 nitrogen and oxygen atoms in total. The van der Waals surface area contributed by atoms with E-state index in [1.807, 2.05) is 27.7 Å². The Bertz CT molecular complexity index is 1020. The van der Waals surface area contributed by atoms with E-state index in [1.54, 1.807) is 41.3 Å². The zero-order chi connectivity index (χ0) is 22.2. The predicted molar refractivity (Wildman–Crippen MR) is 128 cm³/mol. The number of benzene rings is 2. The lowest BCUT2D eigenvalue weighted by atomic mass is 10.0. The highest BCUT2D eigenvalue weighted by atomic mass is 79.9. The maximum atomic E-state index is 12.7. The van der Waals surface area contributed by atoms with Gasteiger partial charge in [-0.05, 0) is 102 Å². The number of nitrogens with one attached hydrogen (secondary N) is 1. The fourth-order valence-electron chi connectivity index (χ4n) is 3.39. The number of amides is 2. The Kier molecular flexibility index (Phi) is 6.95. The molecule has 1 aliphatic rings. The van der Waals surface area contributed by atoms with Gasteiger partial charge < -0.3 is 15.0 Å². The molecule has 0 fully saturated rings. The van der Waals surface area contributed by atoms with Crippen LogP contribution in [0, 0.1) is 0 Å². The summed E-state index contributed by atoms with van der Waals surface area (Å²) in [5.74, 6) is 0.187. The first-order chi connectivity index (χ1) is 14.1. The number of hydrogen-bond acceptors (Lipinski definition) is 3. The molecular weight excluding hydrogens is 536 g/mol. The van der Waals surface area contributed by atoms with Crippen molar-refractivity contribution in [2.75, 3.05) is 5.32 Å². The van der Waals surface area contributed by atoms with E-state index in [2.05, 4.69) is 37.2 Å². The smallest absolute Gasteiger partial charge is 0.408 e. The number of hydrogen-bond donors (Lipinski definition) is 1. The Morgan fingerprint density at radius 1 is 1.10 bits per heavy atom. The quantitative estimate of drug-likeness (QED) is 0.414. The highest BCUT2D eigenvalue weighted by Crippen LogP contribution is 2.39. The number of carbonyl (C=O) groups excluding carboxylic acids is 2. The van der Waals surface area contributed by atoms with Crippen molar-refractivity contribution in [3.63, 3.8) is 0 Å². The molecule has 0 aliphatic carbocycles. The molecule has 1 N–H and O–H groups in total. The molecule has 3 rings (SSSR count). The number of anilines is 1. The van der Waals surface area contributed by atoms with E-state index in [0.29, 0.717) is 25.3 Å². The molecule has 0 saturated heterocycles. The normalized spacial score (nSPS) is 14.3. The van der Waals surface area contributed by atoms with E-state index >= 15 is 0 Å². The molecule has 2 aromatic carbocycles. The van der Waals surface area contributed by atoms with Crippen LogP contribution in [-0.2, 0) is 4.79 Å². The number of rotatable bonds is 4. The molecule has 30 heavy (non-hydrogen) atoms. The second-order valence-electron chi connectivity index (χ2n) is 7.48. The van der Waals surface area contributed by atoms with Gasteiger partial charge in [0.2, 0.25) is 0 Å². The summed E-state index contributed by atoms with van der Waals surface area (Å²) in [6, 6.07) is 8.88. The van der Waals surface area contributed by atoms with E-state index in [1.165, 1.54) is 0 Å². The zero-order valence-electron chi connectivity index (χ0n) is 16.9. The summed E-state index contributed by atoms with van der Waals surface area (Å²) in [4.78, 5) is 26.7. The fourth-order valence-corrected chi connectivity index (χ4v) is 4.94. The maximum absolute atomic E-state index is 12.7. The van der Waals surface area contributed by atoms with Crippen LogP contribution >= 0.6 is 43.5 Å². The molecule has 0 spiro atoms. The summed E-state index contributed by atoms with van der Waals surface area (Å²) in [5.41, 5.74) is 2.75. The van der Waals surface area contributed by atoms with Crippen molar-refractivity contribution < 1.29 is 14.3 Å². The SMILES string of the molecule is CC(C)N(C(=O)Oc1c(Br)cc(C=C2C(=O)Nc3ccc(Cl)cc32)cc1Br)C(C)C. The largest absolute Gasteiger partial charge is 0.415 e. The standard InChI is InChI=1S/C22H21Br2ClN2O3/c1-11(2)27(12(3)4)22(29)30-20-17(23)8-13(9-18(20)24)7-16-15-10-14(25)5-6-19(15)26-21(16)28/h5-12H,1-4H3,(H,26,28). The maximum Gasteiger partial charge on any atom is 0.415 e. The number of fused-ring (bicyclic) bond motifs is 1. The molecule has 0 saturated carbocycles. The molecule has 0 aromatic heterocycles. The average Bonchev–Trinajstić information content (AvgIpc) is 2.92. The average molecular weight is 557 g/mol. The number of nitrogens with zero attached hydrogens (tertiary/aromatic N) is 1. The first kappa shape index (κ1) is 22.8. The lowest BCUT2D eigenvalue weighted by molar-refractivity contribution is -0.110. The van der Waals surface area contributed by atoms with Crippen LogP contribution in [0.5, 0.6) is 5.75 Å². The minimum atomic E-state index is -0.425. The number of ether oxygens (including phenoxy) is 1. The second kappa shape index (κ2) is 9.12. The first-order valence-corrected chi connectivity index (χ1v) is 11.4. The Balaban J connectivity index is 1.93. The molecule has 2 aromatic rings. The molecular formula is C22H21Br2ClN2O3. The molecule has 2 amide bonds. The van der Waals surface area contributed by atoms with Gasteiger partial charge in [0.05, 0.1) is 8.95 Å². The molecule has 1 heterocycles. The Labute approximate surface area is 197 Å². The Morgan fingerprint density at radius 2 is 1.70 bits per heavy atom. The van der Waals surface area contributed by atoms with Crippen LogP contribution < -0.4 is 10.1 Å². The fraction of sp³-hybridized carbons (Fsp3) is 0.273. The molecule has 0 bridgehead atoms. The van der Waals surface area contributed by atoms with Gasteiger partial charge in [0.15, 0.2) is 5.75 Å². The zero-order valence-corrected chi connectivity index (χ0v) is 20.9. The van der Waals surface area contributed by atoms with Crippen molar-refractivity contribution in [1.82, 2.24) is 4.90 Å². The second-order valence-corrected chi connectivity index (χ2v) is 9.62. The van der Waals surface area contributed by atoms with Crippen LogP contribution in [0.1, 0.15) is 38.8 Å². The van der Waals surface area contributed by atoms with Gasteiger partial charge in [-0.25, -0.2) is 4.79 Å². The highest BCUT2D eigenvalue weighted by molar-refractivity contribution is 9.11. The monoisotopic (exact) mass is 554 g/mol. The molecule has 0 unspecified atom stereocenters. The minimum absolute atomic E-state index is 0.00632. The topological polar surface area (TPSA) is 58.6 Å². The van der Waals surface area contributed by atoms with Gasteiger partial charge in [-0.1, -0.05) is 11.6 Å². The third kappa shape index (κ3) is 4.74. The van der Waals surface area contributed by atoms with Crippen LogP contribution in [0.25, 0.3) is 11.6 Å². The molecule has 0 radical (unpaired) electrons. The lowest BCUT2D eigenvalue weighted by Crippen LogP contribution is -2.43. The van der Waals surface area contributed by atoms with Gasteiger partial charge in [-0.15, -0.1) is 0 Å². The van der Waals surface area contributed by atoms with Crippen LogP contribution in [0.3, 0.4) is 0 Å². The van der Waals surface area contributed by atoms with Crippen LogP contribution in [-0.4, -0.2) is 29.0 Å². The van der Waals surface area contributed by atoms with E-state index in [-0.39, 0.29) is 18.0 Å². The third-order valence-corrected chi connectivity index (χ3v) is 6.02. The molecule has 158 valence electrons. The lowest BCUT2D eigenvalue weighted by Gasteiger charge is -2.29. The molecule has 0 atom stereocenters. The highest BCUT2D eigenvalue weighted by Gasteiger charge is 2.26. The molecule has 8 heteroatoms. The van der Waals surface area contributed by atoms with Gasteiger partial charge in [0, 0.05) is 33.9 Å². The first-order valence-electron chi connectivity index (χ1n) is 9.40. The summed E-state index contributed by atoms with van der Waals surface area (Å²) in [6.45, 7) is 7.77. The number of halogens is 3. The van der Waals surface area contributed by atoms with Crippen molar-refractivity contribution in [1.29, 1.82) is 0 Å². The minimum Gasteiger partial charge on any atom is -0.408 e. The van der Waals surface area contributed by atoms with Gasteiger partial charge in [0.25, 0.3) is 5.91 Å². The predicted octanol–water partition coefficient (Wildman–Crippen LogP) is 6.98. The van der Waals surface area contributed by atoms with Gasteiger partial charge in [-0.2, -0.15) is 0 Å². The van der Waals surface area contributed by atoms with Crippen LogP contribution in [0.2, 0.25) is 5.02 Å². The third-order valence-electron chi connectivity index (χ3n) is 4.61.